The van der Waals surface area contributed by atoms with Crippen molar-refractivity contribution in [3.63, 3.8) is 0 Å². The zero-order valence-corrected chi connectivity index (χ0v) is 19.5. The summed E-state index contributed by atoms with van der Waals surface area (Å²) in [6, 6.07) is 12.7. The molecule has 3 heterocycles. The van der Waals surface area contributed by atoms with E-state index in [0.717, 1.165) is 6.54 Å². The van der Waals surface area contributed by atoms with Gasteiger partial charge >= 0.3 is 6.18 Å². The number of nitrogens with one attached hydrogen (secondary N) is 1. The topological polar surface area (TPSA) is 106 Å². The van der Waals surface area contributed by atoms with Crippen LogP contribution in [-0.4, -0.2) is 39.6 Å². The molecule has 2 aromatic heterocycles. The first-order valence-corrected chi connectivity index (χ1v) is 12.0. The molecule has 2 aromatic carbocycles. The summed E-state index contributed by atoms with van der Waals surface area (Å²) >= 11 is 0. The number of nitrogens with zero attached hydrogens (tertiary/aromatic N) is 3. The first-order valence-electron chi connectivity index (χ1n) is 12.0. The van der Waals surface area contributed by atoms with Crippen LogP contribution in [0.25, 0.3) is 34.3 Å². The van der Waals surface area contributed by atoms with Crippen LogP contribution < -0.4 is 10.1 Å². The smallest absolute Gasteiger partial charge is 0.422 e. The van der Waals surface area contributed by atoms with Gasteiger partial charge in [0.05, 0.1) is 6.04 Å². The average molecular weight is 512 g/mol. The van der Waals surface area contributed by atoms with Crippen molar-refractivity contribution in [3.8, 4) is 40.0 Å². The second-order valence-corrected chi connectivity index (χ2v) is 9.34. The largest absolute Gasteiger partial charge is 0.491 e. The molecular weight excluding hydrogens is 489 g/mol. The van der Waals surface area contributed by atoms with Crippen LogP contribution in [0.15, 0.2) is 57.6 Å². The minimum Gasteiger partial charge on any atom is -0.491 e. The van der Waals surface area contributed by atoms with Crippen LogP contribution in [0.1, 0.15) is 36.5 Å². The van der Waals surface area contributed by atoms with Gasteiger partial charge in [-0.1, -0.05) is 59.2 Å². The highest BCUT2D eigenvalue weighted by Gasteiger charge is 2.43. The molecule has 1 fully saturated rings. The molecule has 0 radical (unpaired) electrons. The number of ether oxygens (including phenoxy) is 1. The van der Waals surface area contributed by atoms with Crippen molar-refractivity contribution in [2.75, 3.05) is 13.2 Å². The summed E-state index contributed by atoms with van der Waals surface area (Å²) in [5, 5.41) is 21.7. The second kappa shape index (κ2) is 9.31. The molecule has 2 N–H and O–H groups in total. The predicted molar refractivity (Wildman–Crippen MR) is 125 cm³/mol. The molecule has 2 aliphatic rings. The Morgan fingerprint density at radius 1 is 1.00 bits per heavy atom. The van der Waals surface area contributed by atoms with E-state index in [4.69, 9.17) is 13.8 Å². The van der Waals surface area contributed by atoms with Crippen LogP contribution in [-0.2, 0) is 6.18 Å². The number of alkyl halides is 3. The quantitative estimate of drug-likeness (QED) is 0.360. The van der Waals surface area contributed by atoms with E-state index in [1.54, 1.807) is 36.4 Å². The minimum atomic E-state index is -4.77. The van der Waals surface area contributed by atoms with Gasteiger partial charge in [-0.15, -0.1) is 0 Å². The lowest BCUT2D eigenvalue weighted by atomic mass is 9.85. The molecule has 0 amide bonds. The van der Waals surface area contributed by atoms with Crippen molar-refractivity contribution < 1.29 is 32.1 Å². The molecule has 1 saturated carbocycles. The van der Waals surface area contributed by atoms with E-state index in [1.165, 1.54) is 31.4 Å². The number of halogens is 3. The van der Waals surface area contributed by atoms with E-state index in [9.17, 15) is 18.3 Å². The Labute approximate surface area is 209 Å². The van der Waals surface area contributed by atoms with Gasteiger partial charge in [0.15, 0.2) is 0 Å². The highest BCUT2D eigenvalue weighted by Crippen LogP contribution is 2.43. The molecule has 0 spiro atoms. The van der Waals surface area contributed by atoms with Gasteiger partial charge in [-0.05, 0) is 31.4 Å². The van der Waals surface area contributed by atoms with Crippen LogP contribution in [0.3, 0.4) is 0 Å². The highest BCUT2D eigenvalue weighted by atomic mass is 19.4. The Balaban J connectivity index is 1.26. The number of hydrogen-bond acceptors (Lipinski definition) is 8. The number of aromatic nitrogens is 3. The number of fused-ring (bicyclic) bond motifs is 1. The van der Waals surface area contributed by atoms with Crippen LogP contribution in [0.2, 0.25) is 0 Å². The summed E-state index contributed by atoms with van der Waals surface area (Å²) < 4.78 is 58.0. The molecule has 1 aliphatic carbocycles. The standard InChI is InChI=1S/C26H23F3N4O4/c27-26(28,29)20-21(15-7-2-1-3-8-15)32-36-23(20)25-31-24(33-37-25)16-9-10-17-19(11-16)35-13-18(22(17)34)30-12-14-5-4-6-14/h1-3,7-11,14,18,22,30,34H,4-6,12-13H2/t18-,22-/m1/s1. The number of aliphatic hydroxyl groups excluding tert-OH is 1. The molecule has 1 aliphatic heterocycles. The van der Waals surface area contributed by atoms with Gasteiger partial charge in [-0.2, -0.15) is 18.2 Å². The molecule has 0 unspecified atom stereocenters. The monoisotopic (exact) mass is 512 g/mol. The number of rotatable bonds is 6. The van der Waals surface area contributed by atoms with Gasteiger partial charge in [-0.25, -0.2) is 0 Å². The van der Waals surface area contributed by atoms with Crippen molar-refractivity contribution in [2.45, 2.75) is 37.6 Å². The summed E-state index contributed by atoms with van der Waals surface area (Å²) in [4.78, 5) is 4.14. The first kappa shape index (κ1) is 23.7. The lowest BCUT2D eigenvalue weighted by Crippen LogP contribution is -2.45. The maximum absolute atomic E-state index is 14.0. The lowest BCUT2D eigenvalue weighted by Gasteiger charge is -2.34. The number of benzene rings is 2. The number of aliphatic hydroxyl groups is 1. The fourth-order valence-electron chi connectivity index (χ4n) is 4.64. The Morgan fingerprint density at radius 2 is 1.81 bits per heavy atom. The molecule has 4 aromatic rings. The fraction of sp³-hybridized carbons (Fsp3) is 0.346. The van der Waals surface area contributed by atoms with E-state index in [1.807, 2.05) is 0 Å². The summed E-state index contributed by atoms with van der Waals surface area (Å²) in [5.41, 5.74) is -0.133. The normalized spacial score (nSPS) is 19.8. The maximum atomic E-state index is 14.0. The Morgan fingerprint density at radius 3 is 2.54 bits per heavy atom. The fourth-order valence-corrected chi connectivity index (χ4v) is 4.64. The molecule has 11 heteroatoms. The molecule has 8 nitrogen and oxygen atoms in total. The minimum absolute atomic E-state index is 0.0481. The van der Waals surface area contributed by atoms with Gasteiger partial charge in [0.1, 0.15) is 29.7 Å². The summed E-state index contributed by atoms with van der Waals surface area (Å²) in [7, 11) is 0. The van der Waals surface area contributed by atoms with E-state index in [2.05, 4.69) is 20.6 Å². The van der Waals surface area contributed by atoms with Crippen LogP contribution in [0.5, 0.6) is 5.75 Å². The summed E-state index contributed by atoms with van der Waals surface area (Å²) in [6.45, 7) is 1.13. The van der Waals surface area contributed by atoms with E-state index in [-0.39, 0.29) is 29.7 Å². The molecule has 0 bridgehead atoms. The highest BCUT2D eigenvalue weighted by molar-refractivity contribution is 5.71. The third-order valence-electron chi connectivity index (χ3n) is 6.93. The molecule has 2 atom stereocenters. The molecular formula is C26H23F3N4O4. The maximum Gasteiger partial charge on any atom is 0.422 e. The van der Waals surface area contributed by atoms with Crippen molar-refractivity contribution in [1.82, 2.24) is 20.6 Å². The van der Waals surface area contributed by atoms with Gasteiger partial charge in [-0.3, -0.25) is 0 Å². The molecule has 192 valence electrons. The Kier molecular flexibility index (Phi) is 5.96. The van der Waals surface area contributed by atoms with Gasteiger partial charge in [0.25, 0.3) is 5.89 Å². The summed E-state index contributed by atoms with van der Waals surface area (Å²) in [5.74, 6) is 0.0485. The van der Waals surface area contributed by atoms with Gasteiger partial charge < -0.3 is 24.2 Å². The van der Waals surface area contributed by atoms with Crippen LogP contribution in [0.4, 0.5) is 13.2 Å². The molecule has 37 heavy (non-hydrogen) atoms. The van der Waals surface area contributed by atoms with E-state index in [0.29, 0.717) is 22.8 Å². The van der Waals surface area contributed by atoms with Crippen molar-refractivity contribution >= 4 is 0 Å². The van der Waals surface area contributed by atoms with Crippen LogP contribution in [0, 0.1) is 5.92 Å². The second-order valence-electron chi connectivity index (χ2n) is 9.34. The van der Waals surface area contributed by atoms with E-state index >= 15 is 0 Å². The van der Waals surface area contributed by atoms with Crippen LogP contribution >= 0.6 is 0 Å². The van der Waals surface area contributed by atoms with Crippen molar-refractivity contribution in [2.24, 2.45) is 5.92 Å². The number of hydrogen-bond donors (Lipinski definition) is 2. The molecule has 0 saturated heterocycles. The average Bonchev–Trinajstić information content (AvgIpc) is 3.52. The zero-order chi connectivity index (χ0) is 25.6. The lowest BCUT2D eigenvalue weighted by molar-refractivity contribution is -0.136. The zero-order valence-electron chi connectivity index (χ0n) is 19.5. The van der Waals surface area contributed by atoms with Crippen molar-refractivity contribution in [1.29, 1.82) is 0 Å². The molecule has 6 rings (SSSR count). The SMILES string of the molecule is O[C@@H]1c2ccc(-c3noc(-c4onc(-c5ccccc5)c4C(F)(F)F)n3)cc2OC[C@H]1NCC1CCC1. The first-order chi connectivity index (χ1) is 17.9. The van der Waals surface area contributed by atoms with Gasteiger partial charge in [0.2, 0.25) is 11.6 Å². The summed E-state index contributed by atoms with van der Waals surface area (Å²) in [6.07, 6.45) is -1.86. The van der Waals surface area contributed by atoms with Crippen molar-refractivity contribution in [3.05, 3.63) is 59.7 Å². The predicted octanol–water partition coefficient (Wildman–Crippen LogP) is 5.26. The third-order valence-corrected chi connectivity index (χ3v) is 6.93. The van der Waals surface area contributed by atoms with Gasteiger partial charge in [0, 0.05) is 16.7 Å². The Hall–Kier alpha value is -3.70. The van der Waals surface area contributed by atoms with E-state index < -0.39 is 29.5 Å². The third kappa shape index (κ3) is 4.49. The Bertz CT molecular complexity index is 1400.